The minimum absolute atomic E-state index is 0.126. The van der Waals surface area contributed by atoms with Crippen LogP contribution in [0.5, 0.6) is 0 Å². The fourth-order valence-electron chi connectivity index (χ4n) is 2.54. The number of nitrogens with zero attached hydrogens (tertiary/aromatic N) is 4. The predicted molar refractivity (Wildman–Crippen MR) is 80.4 cm³/mol. The number of aromatic nitrogens is 1. The topological polar surface area (TPSA) is 78.0 Å². The van der Waals surface area contributed by atoms with Crippen LogP contribution < -0.4 is 10.6 Å². The fourth-order valence-corrected chi connectivity index (χ4v) is 2.54. The molecule has 0 unspecified atom stereocenters. The Bertz CT molecular complexity index is 480. The highest BCUT2D eigenvalue weighted by molar-refractivity contribution is 5.97. The zero-order valence-corrected chi connectivity index (χ0v) is 12.2. The van der Waals surface area contributed by atoms with Crippen LogP contribution in [0.4, 0.5) is 5.82 Å². The van der Waals surface area contributed by atoms with Crippen LogP contribution in [0.3, 0.4) is 0 Å². The van der Waals surface area contributed by atoms with Gasteiger partial charge in [0.25, 0.3) is 0 Å². The van der Waals surface area contributed by atoms with E-state index in [4.69, 9.17) is 10.9 Å². The Morgan fingerprint density at radius 2 is 2.05 bits per heavy atom. The van der Waals surface area contributed by atoms with E-state index >= 15 is 0 Å². The van der Waals surface area contributed by atoms with E-state index in [2.05, 4.69) is 26.9 Å². The van der Waals surface area contributed by atoms with Gasteiger partial charge in [-0.2, -0.15) is 0 Å². The maximum absolute atomic E-state index is 8.80. The molecule has 1 saturated heterocycles. The molecule has 110 valence electrons. The van der Waals surface area contributed by atoms with Gasteiger partial charge in [0, 0.05) is 37.4 Å². The Labute approximate surface area is 119 Å². The Morgan fingerprint density at radius 3 is 2.65 bits per heavy atom. The molecular weight excluding hydrogens is 254 g/mol. The van der Waals surface area contributed by atoms with Gasteiger partial charge in [0.2, 0.25) is 0 Å². The SMILES string of the molecule is CCCN1CCN(c2cc(/C(N)=N/O)cc(C)n2)CC1. The molecule has 1 aromatic heterocycles. The van der Waals surface area contributed by atoms with Gasteiger partial charge in [0.05, 0.1) is 0 Å². The average molecular weight is 277 g/mol. The zero-order valence-electron chi connectivity index (χ0n) is 12.2. The van der Waals surface area contributed by atoms with Crippen molar-refractivity contribution in [1.29, 1.82) is 0 Å². The molecule has 0 bridgehead atoms. The third-order valence-corrected chi connectivity index (χ3v) is 3.58. The largest absolute Gasteiger partial charge is 0.409 e. The van der Waals surface area contributed by atoms with E-state index in [1.807, 2.05) is 19.1 Å². The number of amidine groups is 1. The predicted octanol–water partition coefficient (Wildman–Crippen LogP) is 1.02. The summed E-state index contributed by atoms with van der Waals surface area (Å²) in [4.78, 5) is 9.29. The number of pyridine rings is 1. The van der Waals surface area contributed by atoms with Crippen LogP contribution in [0.1, 0.15) is 24.6 Å². The Balaban J connectivity index is 2.12. The van der Waals surface area contributed by atoms with Crippen molar-refractivity contribution in [3.8, 4) is 0 Å². The highest BCUT2D eigenvalue weighted by Crippen LogP contribution is 2.17. The van der Waals surface area contributed by atoms with Crippen LogP contribution in [-0.2, 0) is 0 Å². The standard InChI is InChI=1S/C14H23N5O/c1-3-4-18-5-7-19(8-6-18)13-10-12(14(15)17-20)9-11(2)16-13/h9-10,20H,3-8H2,1-2H3,(H2,15,17). The molecule has 0 aromatic carbocycles. The monoisotopic (exact) mass is 277 g/mol. The first kappa shape index (κ1) is 14.6. The van der Waals surface area contributed by atoms with E-state index in [1.165, 1.54) is 6.42 Å². The molecular formula is C14H23N5O. The first-order valence-corrected chi connectivity index (χ1v) is 7.08. The van der Waals surface area contributed by atoms with Crippen LogP contribution >= 0.6 is 0 Å². The summed E-state index contributed by atoms with van der Waals surface area (Å²) in [6.07, 6.45) is 1.19. The maximum atomic E-state index is 8.80. The normalized spacial score (nSPS) is 17.5. The van der Waals surface area contributed by atoms with Gasteiger partial charge in [-0.15, -0.1) is 0 Å². The molecule has 0 amide bonds. The van der Waals surface area contributed by atoms with Crippen LogP contribution in [0.15, 0.2) is 17.3 Å². The van der Waals surface area contributed by atoms with Crippen LogP contribution in [-0.4, -0.2) is 53.7 Å². The molecule has 1 aliphatic rings. The van der Waals surface area contributed by atoms with E-state index in [9.17, 15) is 0 Å². The van der Waals surface area contributed by atoms with E-state index in [0.29, 0.717) is 5.56 Å². The molecule has 3 N–H and O–H groups in total. The molecule has 0 atom stereocenters. The van der Waals surface area contributed by atoms with Crippen molar-refractivity contribution in [3.63, 3.8) is 0 Å². The summed E-state index contributed by atoms with van der Waals surface area (Å²) in [5.74, 6) is 1.03. The summed E-state index contributed by atoms with van der Waals surface area (Å²) < 4.78 is 0. The van der Waals surface area contributed by atoms with Crippen LogP contribution in [0, 0.1) is 6.92 Å². The van der Waals surface area contributed by atoms with Gasteiger partial charge in [-0.1, -0.05) is 12.1 Å². The van der Waals surface area contributed by atoms with Gasteiger partial charge in [-0.05, 0) is 32.0 Å². The lowest BCUT2D eigenvalue weighted by Crippen LogP contribution is -2.46. The lowest BCUT2D eigenvalue weighted by molar-refractivity contribution is 0.258. The smallest absolute Gasteiger partial charge is 0.170 e. The zero-order chi connectivity index (χ0) is 14.5. The molecule has 20 heavy (non-hydrogen) atoms. The summed E-state index contributed by atoms with van der Waals surface area (Å²) in [6.45, 7) is 9.33. The second-order valence-corrected chi connectivity index (χ2v) is 5.17. The highest BCUT2D eigenvalue weighted by atomic mass is 16.4. The van der Waals surface area contributed by atoms with E-state index in [1.54, 1.807) is 0 Å². The van der Waals surface area contributed by atoms with E-state index < -0.39 is 0 Å². The summed E-state index contributed by atoms with van der Waals surface area (Å²) in [7, 11) is 0. The summed E-state index contributed by atoms with van der Waals surface area (Å²) in [5.41, 5.74) is 7.26. The minimum atomic E-state index is 0.126. The lowest BCUT2D eigenvalue weighted by Gasteiger charge is -2.35. The molecule has 1 aliphatic heterocycles. The number of nitrogens with two attached hydrogens (primary N) is 1. The lowest BCUT2D eigenvalue weighted by atomic mass is 10.2. The van der Waals surface area contributed by atoms with Gasteiger partial charge < -0.3 is 15.8 Å². The van der Waals surface area contributed by atoms with Gasteiger partial charge in [0.1, 0.15) is 5.82 Å². The molecule has 6 nitrogen and oxygen atoms in total. The second kappa shape index (κ2) is 6.56. The molecule has 2 rings (SSSR count). The molecule has 0 aliphatic carbocycles. The number of aryl methyl sites for hydroxylation is 1. The number of piperazine rings is 1. The maximum Gasteiger partial charge on any atom is 0.170 e. The summed E-state index contributed by atoms with van der Waals surface area (Å²) >= 11 is 0. The van der Waals surface area contributed by atoms with Crippen molar-refractivity contribution >= 4 is 11.7 Å². The van der Waals surface area contributed by atoms with Crippen molar-refractivity contribution in [2.24, 2.45) is 10.9 Å². The number of rotatable bonds is 4. The first-order chi connectivity index (χ1) is 9.63. The quantitative estimate of drug-likeness (QED) is 0.372. The number of anilines is 1. The van der Waals surface area contributed by atoms with Crippen molar-refractivity contribution < 1.29 is 5.21 Å². The molecule has 0 radical (unpaired) electrons. The molecule has 2 heterocycles. The Morgan fingerprint density at radius 1 is 1.35 bits per heavy atom. The number of hydrogen-bond donors (Lipinski definition) is 2. The van der Waals surface area contributed by atoms with Crippen molar-refractivity contribution in [1.82, 2.24) is 9.88 Å². The second-order valence-electron chi connectivity index (χ2n) is 5.17. The average Bonchev–Trinajstić information content (AvgIpc) is 2.47. The molecule has 1 fully saturated rings. The van der Waals surface area contributed by atoms with E-state index in [0.717, 1.165) is 44.2 Å². The summed E-state index contributed by atoms with van der Waals surface area (Å²) in [5, 5.41) is 11.9. The third-order valence-electron chi connectivity index (χ3n) is 3.58. The number of hydrogen-bond acceptors (Lipinski definition) is 5. The van der Waals surface area contributed by atoms with Gasteiger partial charge in [-0.3, -0.25) is 4.90 Å². The van der Waals surface area contributed by atoms with Crippen LogP contribution in [0.25, 0.3) is 0 Å². The van der Waals surface area contributed by atoms with Crippen LogP contribution in [0.2, 0.25) is 0 Å². The van der Waals surface area contributed by atoms with E-state index in [-0.39, 0.29) is 5.84 Å². The summed E-state index contributed by atoms with van der Waals surface area (Å²) in [6, 6.07) is 3.71. The number of oxime groups is 1. The minimum Gasteiger partial charge on any atom is -0.409 e. The first-order valence-electron chi connectivity index (χ1n) is 7.08. The van der Waals surface area contributed by atoms with Crippen molar-refractivity contribution in [3.05, 3.63) is 23.4 Å². The molecule has 1 aromatic rings. The fraction of sp³-hybridized carbons (Fsp3) is 0.571. The third kappa shape index (κ3) is 3.39. The van der Waals surface area contributed by atoms with Crippen molar-refractivity contribution in [2.75, 3.05) is 37.6 Å². The highest BCUT2D eigenvalue weighted by Gasteiger charge is 2.18. The molecule has 6 heteroatoms. The molecule has 0 saturated carbocycles. The van der Waals surface area contributed by atoms with Gasteiger partial charge >= 0.3 is 0 Å². The Kier molecular flexibility index (Phi) is 4.79. The Hall–Kier alpha value is -1.82. The van der Waals surface area contributed by atoms with Gasteiger partial charge in [0.15, 0.2) is 5.84 Å². The van der Waals surface area contributed by atoms with Crippen molar-refractivity contribution in [2.45, 2.75) is 20.3 Å². The molecule has 0 spiro atoms. The van der Waals surface area contributed by atoms with Gasteiger partial charge in [-0.25, -0.2) is 4.98 Å².